The highest BCUT2D eigenvalue weighted by molar-refractivity contribution is 7.99. The quantitative estimate of drug-likeness (QED) is 0.894. The summed E-state index contributed by atoms with van der Waals surface area (Å²) in [5.74, 6) is 2.68. The average molecular weight is 291 g/mol. The lowest BCUT2D eigenvalue weighted by molar-refractivity contribution is 0.0509. The van der Waals surface area contributed by atoms with Crippen molar-refractivity contribution in [1.82, 2.24) is 5.32 Å². The molecule has 3 heteroatoms. The van der Waals surface area contributed by atoms with Crippen LogP contribution in [0.1, 0.15) is 37.7 Å². The van der Waals surface area contributed by atoms with Gasteiger partial charge in [0.15, 0.2) is 0 Å². The lowest BCUT2D eigenvalue weighted by Crippen LogP contribution is -2.43. The zero-order valence-electron chi connectivity index (χ0n) is 12.3. The van der Waals surface area contributed by atoms with Crippen LogP contribution in [0.25, 0.3) is 0 Å². The normalized spacial score (nSPS) is 24.6. The fourth-order valence-electron chi connectivity index (χ4n) is 3.51. The van der Waals surface area contributed by atoms with E-state index in [1.54, 1.807) is 5.56 Å². The van der Waals surface area contributed by atoms with Crippen molar-refractivity contribution in [2.45, 2.75) is 43.0 Å². The minimum Gasteiger partial charge on any atom is -0.381 e. The topological polar surface area (TPSA) is 21.3 Å². The van der Waals surface area contributed by atoms with E-state index in [0.717, 1.165) is 25.7 Å². The molecule has 20 heavy (non-hydrogen) atoms. The molecule has 0 aromatic heterocycles. The second-order valence-electron chi connectivity index (χ2n) is 5.89. The molecule has 2 aliphatic heterocycles. The number of benzene rings is 1. The monoisotopic (exact) mass is 291 g/mol. The zero-order chi connectivity index (χ0) is 13.8. The molecule has 0 spiro atoms. The summed E-state index contributed by atoms with van der Waals surface area (Å²) in [7, 11) is 0. The van der Waals surface area contributed by atoms with Gasteiger partial charge in [0.1, 0.15) is 0 Å². The van der Waals surface area contributed by atoms with Gasteiger partial charge in [-0.05, 0) is 43.4 Å². The smallest absolute Gasteiger partial charge is 0.0469 e. The van der Waals surface area contributed by atoms with Crippen LogP contribution < -0.4 is 5.32 Å². The van der Waals surface area contributed by atoms with Gasteiger partial charge < -0.3 is 10.1 Å². The Balaban J connectivity index is 1.78. The average Bonchev–Trinajstić information content (AvgIpc) is 2.93. The van der Waals surface area contributed by atoms with Crippen molar-refractivity contribution in [2.24, 2.45) is 5.92 Å². The Kier molecular flexibility index (Phi) is 5.03. The van der Waals surface area contributed by atoms with Gasteiger partial charge in [-0.25, -0.2) is 0 Å². The summed E-state index contributed by atoms with van der Waals surface area (Å²) in [6.07, 6.45) is 3.64. The van der Waals surface area contributed by atoms with E-state index >= 15 is 0 Å². The van der Waals surface area contributed by atoms with Crippen LogP contribution in [0.2, 0.25) is 0 Å². The van der Waals surface area contributed by atoms with Crippen molar-refractivity contribution in [3.05, 3.63) is 29.8 Å². The molecule has 1 saturated heterocycles. The first-order valence-electron chi connectivity index (χ1n) is 7.93. The van der Waals surface area contributed by atoms with Gasteiger partial charge in [-0.15, -0.1) is 11.8 Å². The predicted octanol–water partition coefficient (Wildman–Crippen LogP) is 3.67. The first-order chi connectivity index (χ1) is 9.90. The van der Waals surface area contributed by atoms with E-state index in [1.165, 1.54) is 29.9 Å². The third-order valence-corrected chi connectivity index (χ3v) is 5.78. The molecule has 1 fully saturated rings. The molecule has 110 valence electrons. The SMILES string of the molecule is CCCNC(C1CCOCC1)C1CSc2ccccc21. The maximum atomic E-state index is 5.55. The maximum Gasteiger partial charge on any atom is 0.0469 e. The molecule has 2 heterocycles. The molecular formula is C17H25NOS. The van der Waals surface area contributed by atoms with Gasteiger partial charge in [0.25, 0.3) is 0 Å². The molecule has 0 radical (unpaired) electrons. The van der Waals surface area contributed by atoms with Crippen molar-refractivity contribution in [1.29, 1.82) is 0 Å². The summed E-state index contributed by atoms with van der Waals surface area (Å²) in [4.78, 5) is 1.49. The number of hydrogen-bond acceptors (Lipinski definition) is 3. The van der Waals surface area contributed by atoms with Crippen LogP contribution in [0.5, 0.6) is 0 Å². The third-order valence-electron chi connectivity index (χ3n) is 4.57. The molecule has 1 aromatic rings. The van der Waals surface area contributed by atoms with E-state index in [1.807, 2.05) is 11.8 Å². The molecule has 0 amide bonds. The molecule has 2 unspecified atom stereocenters. The maximum absolute atomic E-state index is 5.55. The summed E-state index contributed by atoms with van der Waals surface area (Å²) in [5.41, 5.74) is 1.57. The molecule has 1 N–H and O–H groups in total. The molecule has 2 aliphatic rings. The van der Waals surface area contributed by atoms with E-state index < -0.39 is 0 Å². The van der Waals surface area contributed by atoms with Crippen molar-refractivity contribution in [3.8, 4) is 0 Å². The van der Waals surface area contributed by atoms with Gasteiger partial charge in [0, 0.05) is 35.8 Å². The van der Waals surface area contributed by atoms with Gasteiger partial charge >= 0.3 is 0 Å². The van der Waals surface area contributed by atoms with Gasteiger partial charge in [-0.1, -0.05) is 25.1 Å². The Labute approximate surface area is 126 Å². The second kappa shape index (κ2) is 6.97. The first kappa shape index (κ1) is 14.4. The van der Waals surface area contributed by atoms with Crippen LogP contribution in [0.3, 0.4) is 0 Å². The number of thioether (sulfide) groups is 1. The number of rotatable bonds is 5. The van der Waals surface area contributed by atoms with Crippen LogP contribution in [-0.2, 0) is 4.74 Å². The van der Waals surface area contributed by atoms with Crippen molar-refractivity contribution in [2.75, 3.05) is 25.5 Å². The first-order valence-corrected chi connectivity index (χ1v) is 8.91. The Morgan fingerprint density at radius 3 is 2.90 bits per heavy atom. The standard InChI is InChI=1S/C17H25NOS/c1-2-9-18-17(13-7-10-19-11-8-13)15-12-20-16-6-4-3-5-14(15)16/h3-6,13,15,17-18H,2,7-12H2,1H3. The highest BCUT2D eigenvalue weighted by Crippen LogP contribution is 2.43. The lowest BCUT2D eigenvalue weighted by atomic mass is 9.81. The summed E-state index contributed by atoms with van der Waals surface area (Å²) in [6, 6.07) is 9.59. The molecule has 0 bridgehead atoms. The van der Waals surface area contributed by atoms with Gasteiger partial charge in [-0.2, -0.15) is 0 Å². The summed E-state index contributed by atoms with van der Waals surface area (Å²) < 4.78 is 5.55. The summed E-state index contributed by atoms with van der Waals surface area (Å²) >= 11 is 2.03. The molecule has 0 aliphatic carbocycles. The number of ether oxygens (including phenoxy) is 1. The van der Waals surface area contributed by atoms with Crippen LogP contribution in [0.15, 0.2) is 29.2 Å². The van der Waals surface area contributed by atoms with E-state index in [2.05, 4.69) is 36.5 Å². The van der Waals surface area contributed by atoms with Crippen molar-refractivity contribution < 1.29 is 4.74 Å². The van der Waals surface area contributed by atoms with Crippen LogP contribution in [0.4, 0.5) is 0 Å². The fraction of sp³-hybridized carbons (Fsp3) is 0.647. The summed E-state index contributed by atoms with van der Waals surface area (Å²) in [6.45, 7) is 5.27. The summed E-state index contributed by atoms with van der Waals surface area (Å²) in [5, 5.41) is 3.85. The fourth-order valence-corrected chi connectivity index (χ4v) is 4.82. The molecular weight excluding hydrogens is 266 g/mol. The molecule has 1 aromatic carbocycles. The van der Waals surface area contributed by atoms with E-state index in [4.69, 9.17) is 4.74 Å². The van der Waals surface area contributed by atoms with Crippen molar-refractivity contribution >= 4 is 11.8 Å². The van der Waals surface area contributed by atoms with Crippen LogP contribution in [0, 0.1) is 5.92 Å². The van der Waals surface area contributed by atoms with Crippen LogP contribution in [-0.4, -0.2) is 31.6 Å². The largest absolute Gasteiger partial charge is 0.381 e. The van der Waals surface area contributed by atoms with Crippen LogP contribution >= 0.6 is 11.8 Å². The van der Waals surface area contributed by atoms with Gasteiger partial charge in [-0.3, -0.25) is 0 Å². The Morgan fingerprint density at radius 1 is 1.30 bits per heavy atom. The van der Waals surface area contributed by atoms with E-state index in [-0.39, 0.29) is 0 Å². The Hall–Kier alpha value is -0.510. The highest BCUT2D eigenvalue weighted by Gasteiger charge is 2.35. The zero-order valence-corrected chi connectivity index (χ0v) is 13.1. The number of hydrogen-bond donors (Lipinski definition) is 1. The molecule has 0 saturated carbocycles. The Bertz CT molecular complexity index is 431. The molecule has 2 nitrogen and oxygen atoms in total. The number of fused-ring (bicyclic) bond motifs is 1. The predicted molar refractivity (Wildman–Crippen MR) is 85.5 cm³/mol. The van der Waals surface area contributed by atoms with Gasteiger partial charge in [0.2, 0.25) is 0 Å². The van der Waals surface area contributed by atoms with E-state index in [0.29, 0.717) is 12.0 Å². The second-order valence-corrected chi connectivity index (χ2v) is 6.95. The number of nitrogens with one attached hydrogen (secondary N) is 1. The highest BCUT2D eigenvalue weighted by atomic mass is 32.2. The van der Waals surface area contributed by atoms with Gasteiger partial charge in [0.05, 0.1) is 0 Å². The minimum absolute atomic E-state index is 0.620. The minimum atomic E-state index is 0.620. The third kappa shape index (κ3) is 3.05. The molecule has 3 rings (SSSR count). The molecule has 2 atom stereocenters. The van der Waals surface area contributed by atoms with Crippen molar-refractivity contribution in [3.63, 3.8) is 0 Å². The van der Waals surface area contributed by atoms with E-state index in [9.17, 15) is 0 Å². The lowest BCUT2D eigenvalue weighted by Gasteiger charge is -2.35. The Morgan fingerprint density at radius 2 is 2.10 bits per heavy atom.